The van der Waals surface area contributed by atoms with Crippen LogP contribution in [0.15, 0.2) is 28.2 Å². The highest BCUT2D eigenvalue weighted by atomic mass is 35.5. The van der Waals surface area contributed by atoms with Crippen molar-refractivity contribution >= 4 is 36.2 Å². The van der Waals surface area contributed by atoms with Gasteiger partial charge in [0.2, 0.25) is 0 Å². The van der Waals surface area contributed by atoms with Crippen LogP contribution in [0.1, 0.15) is 12.1 Å². The van der Waals surface area contributed by atoms with Gasteiger partial charge in [-0.15, -0.1) is 36.2 Å². The highest BCUT2D eigenvalue weighted by Gasteiger charge is 2.21. The summed E-state index contributed by atoms with van der Waals surface area (Å²) in [6.07, 6.45) is 2.90. The molecule has 2 aromatic rings. The number of likely N-dealkylation sites (tertiary alicyclic amines) is 1. The van der Waals surface area contributed by atoms with Crippen LogP contribution in [0, 0.1) is 5.92 Å². The van der Waals surface area contributed by atoms with Gasteiger partial charge in [-0.3, -0.25) is 4.90 Å². The topological polar surface area (TPSA) is 55.3 Å². The van der Waals surface area contributed by atoms with Crippen molar-refractivity contribution in [2.24, 2.45) is 11.7 Å². The molecule has 0 radical (unpaired) electrons. The van der Waals surface area contributed by atoms with E-state index in [1.165, 1.54) is 6.42 Å². The van der Waals surface area contributed by atoms with Crippen molar-refractivity contribution in [3.8, 4) is 10.8 Å². The Kier molecular flexibility index (Phi) is 6.99. The minimum absolute atomic E-state index is 0. The highest BCUT2D eigenvalue weighted by molar-refractivity contribution is 7.13. The van der Waals surface area contributed by atoms with Gasteiger partial charge in [0, 0.05) is 18.5 Å². The fourth-order valence-electron chi connectivity index (χ4n) is 2.37. The van der Waals surface area contributed by atoms with E-state index in [1.807, 2.05) is 12.1 Å². The first kappa shape index (κ1) is 17.5. The third-order valence-electron chi connectivity index (χ3n) is 3.37. The molecule has 1 aliphatic rings. The van der Waals surface area contributed by atoms with Crippen molar-refractivity contribution in [2.45, 2.75) is 13.0 Å². The minimum atomic E-state index is 0. The zero-order valence-electron chi connectivity index (χ0n) is 11.0. The van der Waals surface area contributed by atoms with E-state index < -0.39 is 0 Å². The highest BCUT2D eigenvalue weighted by Crippen LogP contribution is 2.25. The van der Waals surface area contributed by atoms with Crippen LogP contribution < -0.4 is 5.73 Å². The Balaban J connectivity index is 0.000001000. The Morgan fingerprint density at radius 2 is 2.30 bits per heavy atom. The molecule has 1 atom stereocenters. The lowest BCUT2D eigenvalue weighted by Crippen LogP contribution is -2.22. The smallest absolute Gasteiger partial charge is 0.162 e. The lowest BCUT2D eigenvalue weighted by Gasteiger charge is -2.13. The fraction of sp³-hybridized carbons (Fsp3) is 0.462. The molecule has 20 heavy (non-hydrogen) atoms. The van der Waals surface area contributed by atoms with Gasteiger partial charge in [0.25, 0.3) is 0 Å². The lowest BCUT2D eigenvalue weighted by molar-refractivity contribution is 0.315. The van der Waals surface area contributed by atoms with Crippen molar-refractivity contribution in [1.29, 1.82) is 0 Å². The predicted molar refractivity (Wildman–Crippen MR) is 86.8 cm³/mol. The third kappa shape index (κ3) is 3.96. The summed E-state index contributed by atoms with van der Waals surface area (Å²) in [5.41, 5.74) is 6.83. The molecule has 1 fully saturated rings. The third-order valence-corrected chi connectivity index (χ3v) is 4.28. The normalized spacial score (nSPS) is 18.6. The lowest BCUT2D eigenvalue weighted by atomic mass is 10.1. The molecule has 0 spiro atoms. The number of rotatable bonds is 4. The molecule has 1 saturated heterocycles. The van der Waals surface area contributed by atoms with E-state index in [0.717, 1.165) is 42.6 Å². The Hall–Kier alpha value is -0.590. The summed E-state index contributed by atoms with van der Waals surface area (Å²) in [6, 6.07) is 3.84. The number of thiazole rings is 1. The Labute approximate surface area is 135 Å². The maximum absolute atomic E-state index is 5.71. The van der Waals surface area contributed by atoms with Crippen molar-refractivity contribution in [3.63, 3.8) is 0 Å². The Morgan fingerprint density at radius 1 is 1.45 bits per heavy atom. The second-order valence-corrected chi connectivity index (χ2v) is 5.60. The first-order valence-electron chi connectivity index (χ1n) is 6.26. The van der Waals surface area contributed by atoms with E-state index in [4.69, 9.17) is 10.2 Å². The number of halogens is 2. The van der Waals surface area contributed by atoms with Gasteiger partial charge in [-0.2, -0.15) is 0 Å². The van der Waals surface area contributed by atoms with Crippen LogP contribution in [0.3, 0.4) is 0 Å². The average molecular weight is 336 g/mol. The zero-order chi connectivity index (χ0) is 12.4. The molecule has 3 heterocycles. The minimum Gasteiger partial charge on any atom is -0.462 e. The molecule has 112 valence electrons. The van der Waals surface area contributed by atoms with Crippen LogP contribution in [-0.4, -0.2) is 29.5 Å². The van der Waals surface area contributed by atoms with Gasteiger partial charge in [0.15, 0.2) is 10.8 Å². The van der Waals surface area contributed by atoms with Crippen molar-refractivity contribution in [3.05, 3.63) is 29.5 Å². The van der Waals surface area contributed by atoms with Crippen LogP contribution in [0.5, 0.6) is 0 Å². The van der Waals surface area contributed by atoms with Crippen LogP contribution in [0.25, 0.3) is 10.8 Å². The number of hydrogen-bond donors (Lipinski definition) is 1. The molecule has 2 aromatic heterocycles. The molecule has 3 rings (SSSR count). The summed E-state index contributed by atoms with van der Waals surface area (Å²) in [4.78, 5) is 7.05. The molecule has 0 amide bonds. The number of nitrogens with two attached hydrogens (primary N) is 1. The van der Waals surface area contributed by atoms with Gasteiger partial charge in [0.05, 0.1) is 12.0 Å². The maximum Gasteiger partial charge on any atom is 0.162 e. The monoisotopic (exact) mass is 335 g/mol. The van der Waals surface area contributed by atoms with E-state index in [9.17, 15) is 0 Å². The molecule has 0 aliphatic carbocycles. The summed E-state index contributed by atoms with van der Waals surface area (Å²) < 4.78 is 5.36. The molecular formula is C13H19Cl2N3OS. The van der Waals surface area contributed by atoms with Gasteiger partial charge < -0.3 is 10.2 Å². The number of aromatic nitrogens is 1. The maximum atomic E-state index is 5.71. The quantitative estimate of drug-likeness (QED) is 0.932. The summed E-state index contributed by atoms with van der Waals surface area (Å²) in [7, 11) is 0. The van der Waals surface area contributed by atoms with E-state index in [2.05, 4.69) is 15.3 Å². The number of nitrogens with zero attached hydrogens (tertiary/aromatic N) is 2. The molecular weight excluding hydrogens is 317 g/mol. The first-order valence-corrected chi connectivity index (χ1v) is 7.14. The molecule has 0 saturated carbocycles. The zero-order valence-corrected chi connectivity index (χ0v) is 13.5. The van der Waals surface area contributed by atoms with Crippen LogP contribution >= 0.6 is 36.2 Å². The SMILES string of the molecule is Cl.Cl.NCC1CCN(Cc2csc(-c3ccco3)n2)C1. The molecule has 1 aliphatic heterocycles. The van der Waals surface area contributed by atoms with Gasteiger partial charge >= 0.3 is 0 Å². The van der Waals surface area contributed by atoms with E-state index >= 15 is 0 Å². The summed E-state index contributed by atoms with van der Waals surface area (Å²) in [6.45, 7) is 3.96. The van der Waals surface area contributed by atoms with Crippen molar-refractivity contribution in [2.75, 3.05) is 19.6 Å². The second-order valence-electron chi connectivity index (χ2n) is 4.75. The van der Waals surface area contributed by atoms with Gasteiger partial charge in [-0.05, 0) is 37.6 Å². The van der Waals surface area contributed by atoms with Crippen molar-refractivity contribution < 1.29 is 4.42 Å². The van der Waals surface area contributed by atoms with Gasteiger partial charge in [-0.25, -0.2) is 4.98 Å². The molecule has 4 nitrogen and oxygen atoms in total. The average Bonchev–Trinajstić information content (AvgIpc) is 3.10. The first-order chi connectivity index (χ1) is 8.85. The van der Waals surface area contributed by atoms with E-state index in [-0.39, 0.29) is 24.8 Å². The summed E-state index contributed by atoms with van der Waals surface area (Å²) in [5, 5.41) is 3.08. The van der Waals surface area contributed by atoms with E-state index in [0.29, 0.717) is 5.92 Å². The Morgan fingerprint density at radius 3 is 2.95 bits per heavy atom. The van der Waals surface area contributed by atoms with Gasteiger partial charge in [-0.1, -0.05) is 0 Å². The summed E-state index contributed by atoms with van der Waals surface area (Å²) >= 11 is 1.64. The number of hydrogen-bond acceptors (Lipinski definition) is 5. The van der Waals surface area contributed by atoms with Crippen LogP contribution in [0.4, 0.5) is 0 Å². The fourth-order valence-corrected chi connectivity index (χ4v) is 3.15. The van der Waals surface area contributed by atoms with Crippen LogP contribution in [-0.2, 0) is 6.54 Å². The summed E-state index contributed by atoms with van der Waals surface area (Å²) in [5.74, 6) is 1.51. The van der Waals surface area contributed by atoms with Crippen LogP contribution in [0.2, 0.25) is 0 Å². The predicted octanol–water partition coefficient (Wildman–Crippen LogP) is 3.03. The standard InChI is InChI=1S/C13H17N3OS.2ClH/c14-6-10-3-4-16(7-10)8-11-9-18-13(15-11)12-2-1-5-17-12;;/h1-2,5,9-10H,3-4,6-8,14H2;2*1H. The molecule has 0 aromatic carbocycles. The molecule has 1 unspecified atom stereocenters. The molecule has 2 N–H and O–H groups in total. The van der Waals surface area contributed by atoms with Gasteiger partial charge in [0.1, 0.15) is 0 Å². The molecule has 0 bridgehead atoms. The van der Waals surface area contributed by atoms with E-state index in [1.54, 1.807) is 17.6 Å². The Bertz CT molecular complexity index is 503. The second kappa shape index (κ2) is 8.00. The largest absolute Gasteiger partial charge is 0.462 e. The number of furan rings is 1. The molecule has 7 heteroatoms. The van der Waals surface area contributed by atoms with Crippen molar-refractivity contribution in [1.82, 2.24) is 9.88 Å².